The lowest BCUT2D eigenvalue weighted by atomic mass is 10.2. The van der Waals surface area contributed by atoms with Crippen molar-refractivity contribution in [1.82, 2.24) is 9.96 Å². The van der Waals surface area contributed by atoms with Gasteiger partial charge in [-0.2, -0.15) is 0 Å². The summed E-state index contributed by atoms with van der Waals surface area (Å²) < 4.78 is 7.21. The Hall–Kier alpha value is -1.99. The van der Waals surface area contributed by atoms with Gasteiger partial charge in [0.15, 0.2) is 0 Å². The van der Waals surface area contributed by atoms with Crippen LogP contribution in [0.1, 0.15) is 34.1 Å². The van der Waals surface area contributed by atoms with E-state index in [4.69, 9.17) is 9.26 Å². The molecule has 0 bridgehead atoms. The molecule has 0 aromatic heterocycles. The van der Waals surface area contributed by atoms with E-state index in [0.29, 0.717) is 6.54 Å². The molecule has 0 heterocycles. The quantitative estimate of drug-likeness (QED) is 0.418. The number of carbonyl (C=O) groups excluding carboxylic acids is 1. The van der Waals surface area contributed by atoms with Crippen LogP contribution < -0.4 is 10.4 Å². The minimum Gasteiger partial charge on any atom is -0.403 e. The maximum absolute atomic E-state index is 12.8. The molecule has 0 spiro atoms. The molecule has 5 nitrogen and oxygen atoms in total. The fraction of sp³-hybridized carbons (Fsp3) is 0.480. The predicted octanol–water partition coefficient (Wildman–Crippen LogP) is 3.29. The van der Waals surface area contributed by atoms with E-state index in [1.807, 2.05) is 12.1 Å². The smallest absolute Gasteiger partial charge is 0.261 e. The highest BCUT2D eigenvalue weighted by atomic mass is 28.4. The van der Waals surface area contributed by atoms with Crippen LogP contribution in [0.15, 0.2) is 60.7 Å². The average Bonchev–Trinajstić information content (AvgIpc) is 2.76. The Balaban J connectivity index is 2.61. The number of benzene rings is 2. The Bertz CT molecular complexity index is 769. The van der Waals surface area contributed by atoms with E-state index in [1.54, 1.807) is 7.05 Å². The molecule has 2 aromatic rings. The van der Waals surface area contributed by atoms with Gasteiger partial charge < -0.3 is 9.33 Å². The first-order valence-electron chi connectivity index (χ1n) is 10.9. The monoisotopic (exact) mass is 442 g/mol. The lowest BCUT2D eigenvalue weighted by molar-refractivity contribution is -0.170. The van der Waals surface area contributed by atoms with Gasteiger partial charge in [-0.1, -0.05) is 88.4 Å². The van der Waals surface area contributed by atoms with Gasteiger partial charge >= 0.3 is 0 Å². The molecule has 2 aromatic carbocycles. The second-order valence-corrected chi connectivity index (χ2v) is 13.3. The Morgan fingerprint density at radius 3 is 1.84 bits per heavy atom. The minimum absolute atomic E-state index is 0.0880. The van der Waals surface area contributed by atoms with Gasteiger partial charge in [-0.05, 0) is 29.0 Å². The normalized spacial score (nSPS) is 13.3. The van der Waals surface area contributed by atoms with Crippen molar-refractivity contribution in [3.63, 3.8) is 0 Å². The molecule has 0 fully saturated rings. The third kappa shape index (κ3) is 6.04. The summed E-state index contributed by atoms with van der Waals surface area (Å²) in [5.74, 6) is -0.0880. The van der Waals surface area contributed by atoms with Gasteiger partial charge in [0, 0.05) is 13.6 Å². The number of rotatable bonds is 10. The number of hydrogen-bond donors (Lipinski definition) is 0. The number of carbonyl (C=O) groups is 1. The first-order chi connectivity index (χ1) is 14.7. The molecule has 1 amide bonds. The Morgan fingerprint density at radius 1 is 0.968 bits per heavy atom. The molecule has 2 rings (SSSR count). The molecule has 170 valence electrons. The summed E-state index contributed by atoms with van der Waals surface area (Å²) in [5, 5.41) is 3.57. The topological polar surface area (TPSA) is 42.0 Å². The van der Waals surface area contributed by atoms with E-state index < -0.39 is 8.32 Å². The van der Waals surface area contributed by atoms with Gasteiger partial charge in [-0.15, -0.1) is 0 Å². The van der Waals surface area contributed by atoms with Gasteiger partial charge in [0.05, 0.1) is 19.6 Å². The number of nitrogens with zero attached hydrogens (tertiary/aromatic N) is 2. The number of amides is 1. The molecule has 0 aliphatic heterocycles. The van der Waals surface area contributed by atoms with E-state index >= 15 is 0 Å². The Kier molecular flexibility index (Phi) is 9.00. The zero-order chi connectivity index (χ0) is 23.1. The molecule has 0 N–H and O–H groups in total. The number of likely N-dealkylation sites (N-methyl/N-ethyl adjacent to an activating group) is 1. The van der Waals surface area contributed by atoms with Crippen LogP contribution in [0.5, 0.6) is 0 Å². The van der Waals surface area contributed by atoms with Crippen LogP contribution in [0.3, 0.4) is 0 Å². The van der Waals surface area contributed by atoms with Crippen molar-refractivity contribution in [2.75, 3.05) is 34.3 Å². The second kappa shape index (κ2) is 11.0. The number of hydrogen-bond acceptors (Lipinski definition) is 4. The van der Waals surface area contributed by atoms with Gasteiger partial charge in [0.2, 0.25) is 5.91 Å². The predicted molar refractivity (Wildman–Crippen MR) is 130 cm³/mol. The molecule has 6 heteroatoms. The third-order valence-electron chi connectivity index (χ3n) is 5.84. The zero-order valence-electron chi connectivity index (χ0n) is 20.1. The maximum Gasteiger partial charge on any atom is 0.261 e. The minimum atomic E-state index is -2.74. The molecule has 31 heavy (non-hydrogen) atoms. The van der Waals surface area contributed by atoms with Gasteiger partial charge in [-0.25, -0.2) is 5.06 Å². The van der Waals surface area contributed by atoms with Crippen LogP contribution in [0.2, 0.25) is 5.04 Å². The van der Waals surface area contributed by atoms with Crippen molar-refractivity contribution in [3.8, 4) is 0 Å². The average molecular weight is 443 g/mol. The van der Waals surface area contributed by atoms with E-state index in [2.05, 4.69) is 88.2 Å². The second-order valence-electron chi connectivity index (χ2n) is 9.04. The molecule has 0 saturated carbocycles. The summed E-state index contributed by atoms with van der Waals surface area (Å²) in [5.41, 5.74) is 0. The zero-order valence-corrected chi connectivity index (χ0v) is 21.1. The van der Waals surface area contributed by atoms with Crippen molar-refractivity contribution in [2.24, 2.45) is 0 Å². The number of hydroxylamine groups is 2. The van der Waals surface area contributed by atoms with E-state index in [0.717, 1.165) is 6.54 Å². The Labute approximate surface area is 189 Å². The van der Waals surface area contributed by atoms with Crippen molar-refractivity contribution >= 4 is 24.6 Å². The standard InChI is InChI=1S/C25H38N2O3Si/c1-8-26(5)20-21(19-24(28)27(6)29-7)30-31(25(2,3)4,22-15-11-9-12-16-22)23-17-13-10-14-18-23/h9-18,21H,8,19-20H2,1-7H3/t21-/m1/s1. The van der Waals surface area contributed by atoms with Crippen molar-refractivity contribution in [2.45, 2.75) is 45.3 Å². The van der Waals surface area contributed by atoms with E-state index in [1.165, 1.54) is 22.5 Å². The molecular weight excluding hydrogens is 404 g/mol. The molecule has 0 unspecified atom stereocenters. The van der Waals surface area contributed by atoms with E-state index in [9.17, 15) is 4.79 Å². The molecule has 0 aliphatic rings. The summed E-state index contributed by atoms with van der Waals surface area (Å²) in [7, 11) is 2.47. The fourth-order valence-electron chi connectivity index (χ4n) is 3.99. The molecule has 0 radical (unpaired) electrons. The van der Waals surface area contributed by atoms with Crippen LogP contribution in [0.25, 0.3) is 0 Å². The van der Waals surface area contributed by atoms with Crippen molar-refractivity contribution in [3.05, 3.63) is 60.7 Å². The highest BCUT2D eigenvalue weighted by Gasteiger charge is 2.51. The van der Waals surface area contributed by atoms with Crippen molar-refractivity contribution < 1.29 is 14.1 Å². The van der Waals surface area contributed by atoms with E-state index in [-0.39, 0.29) is 23.5 Å². The molecule has 0 aliphatic carbocycles. The van der Waals surface area contributed by atoms with Crippen LogP contribution in [0, 0.1) is 0 Å². The molecule has 1 atom stereocenters. The SMILES string of the molecule is CCN(C)C[C@@H](CC(=O)N(C)OC)O[Si](c1ccccc1)(c1ccccc1)C(C)(C)C. The fourth-order valence-corrected chi connectivity index (χ4v) is 8.66. The Morgan fingerprint density at radius 2 is 1.45 bits per heavy atom. The largest absolute Gasteiger partial charge is 0.403 e. The highest BCUT2D eigenvalue weighted by Crippen LogP contribution is 2.38. The van der Waals surface area contributed by atoms with Crippen LogP contribution in [-0.4, -0.2) is 64.6 Å². The lowest BCUT2D eigenvalue weighted by Crippen LogP contribution is -2.68. The van der Waals surface area contributed by atoms with Crippen LogP contribution in [0.4, 0.5) is 0 Å². The summed E-state index contributed by atoms with van der Waals surface area (Å²) in [6, 6.07) is 21.1. The third-order valence-corrected chi connectivity index (χ3v) is 10.9. The summed E-state index contributed by atoms with van der Waals surface area (Å²) in [4.78, 5) is 20.1. The summed E-state index contributed by atoms with van der Waals surface area (Å²) in [6.07, 6.45) is 0.000437. The highest BCUT2D eigenvalue weighted by molar-refractivity contribution is 6.99. The summed E-state index contributed by atoms with van der Waals surface area (Å²) >= 11 is 0. The summed E-state index contributed by atoms with van der Waals surface area (Å²) in [6.45, 7) is 10.4. The molecule has 0 saturated heterocycles. The molecular formula is C25H38N2O3Si. The first-order valence-corrected chi connectivity index (χ1v) is 12.8. The van der Waals surface area contributed by atoms with Crippen LogP contribution >= 0.6 is 0 Å². The maximum atomic E-state index is 12.8. The first kappa shape index (κ1) is 25.3. The van der Waals surface area contributed by atoms with Gasteiger partial charge in [0.1, 0.15) is 0 Å². The van der Waals surface area contributed by atoms with Crippen LogP contribution in [-0.2, 0) is 14.1 Å². The van der Waals surface area contributed by atoms with Crippen molar-refractivity contribution in [1.29, 1.82) is 0 Å². The lowest BCUT2D eigenvalue weighted by Gasteiger charge is -2.45. The van der Waals surface area contributed by atoms with Gasteiger partial charge in [0.25, 0.3) is 8.32 Å². The van der Waals surface area contributed by atoms with Gasteiger partial charge in [-0.3, -0.25) is 9.63 Å².